The molecular formula is C26H27F2N3S. The van der Waals surface area contributed by atoms with E-state index in [1.807, 2.05) is 24.3 Å². The van der Waals surface area contributed by atoms with E-state index in [4.69, 9.17) is 12.2 Å². The van der Waals surface area contributed by atoms with Crippen LogP contribution in [0.3, 0.4) is 0 Å². The van der Waals surface area contributed by atoms with Gasteiger partial charge in [-0.2, -0.15) is 0 Å². The Labute approximate surface area is 193 Å². The van der Waals surface area contributed by atoms with Crippen LogP contribution in [0.5, 0.6) is 0 Å². The molecule has 3 aromatic rings. The van der Waals surface area contributed by atoms with Crippen molar-refractivity contribution in [3.05, 3.63) is 101 Å². The number of nitrogens with zero attached hydrogens (tertiary/aromatic N) is 2. The number of halogens is 2. The van der Waals surface area contributed by atoms with E-state index >= 15 is 0 Å². The molecule has 0 aliphatic carbocycles. The summed E-state index contributed by atoms with van der Waals surface area (Å²) in [5.41, 5.74) is 5.39. The topological polar surface area (TPSA) is 18.5 Å². The zero-order valence-corrected chi connectivity index (χ0v) is 19.1. The standard InChI is InChI=1S/C26H27F2N3S/c1-18-3-12-24(19(2)17-18)29-26(32)31-15-13-30(14-16-31)25(20-4-8-22(27)9-5-20)21-6-10-23(28)11-7-21/h3-12,17,25H,13-16H2,1-2H3,(H,29,32). The normalized spacial score (nSPS) is 14.6. The van der Waals surface area contributed by atoms with Crippen molar-refractivity contribution in [3.8, 4) is 0 Å². The smallest absolute Gasteiger partial charge is 0.173 e. The lowest BCUT2D eigenvalue weighted by molar-refractivity contribution is 0.151. The van der Waals surface area contributed by atoms with Crippen molar-refractivity contribution in [1.82, 2.24) is 9.80 Å². The van der Waals surface area contributed by atoms with Crippen LogP contribution in [0.1, 0.15) is 28.3 Å². The average molecular weight is 452 g/mol. The summed E-state index contributed by atoms with van der Waals surface area (Å²) in [7, 11) is 0. The summed E-state index contributed by atoms with van der Waals surface area (Å²) < 4.78 is 27.1. The number of thiocarbonyl (C=S) groups is 1. The number of nitrogens with one attached hydrogen (secondary N) is 1. The third-order valence-corrected chi connectivity index (χ3v) is 6.32. The lowest BCUT2D eigenvalue weighted by atomic mass is 9.96. The Morgan fingerprint density at radius 3 is 1.84 bits per heavy atom. The van der Waals surface area contributed by atoms with Crippen LogP contribution in [0, 0.1) is 25.5 Å². The number of anilines is 1. The van der Waals surface area contributed by atoms with Gasteiger partial charge in [-0.05, 0) is 73.1 Å². The molecule has 0 saturated carbocycles. The monoisotopic (exact) mass is 451 g/mol. The molecule has 0 radical (unpaired) electrons. The van der Waals surface area contributed by atoms with E-state index in [0.717, 1.165) is 48.1 Å². The minimum Gasteiger partial charge on any atom is -0.346 e. The molecular weight excluding hydrogens is 424 g/mol. The maximum absolute atomic E-state index is 13.5. The minimum absolute atomic E-state index is 0.0702. The molecule has 1 heterocycles. The molecule has 0 atom stereocenters. The van der Waals surface area contributed by atoms with Crippen molar-refractivity contribution >= 4 is 23.0 Å². The zero-order chi connectivity index (χ0) is 22.7. The molecule has 1 aliphatic rings. The molecule has 3 nitrogen and oxygen atoms in total. The Balaban J connectivity index is 1.47. The van der Waals surface area contributed by atoms with Crippen molar-refractivity contribution in [3.63, 3.8) is 0 Å². The van der Waals surface area contributed by atoms with Gasteiger partial charge in [-0.25, -0.2) is 8.78 Å². The van der Waals surface area contributed by atoms with Crippen LogP contribution in [-0.2, 0) is 0 Å². The van der Waals surface area contributed by atoms with Crippen LogP contribution in [-0.4, -0.2) is 41.1 Å². The van der Waals surface area contributed by atoms with Crippen LogP contribution in [0.15, 0.2) is 66.7 Å². The fourth-order valence-corrected chi connectivity index (χ4v) is 4.53. The third kappa shape index (κ3) is 5.14. The van der Waals surface area contributed by atoms with Gasteiger partial charge in [-0.3, -0.25) is 4.90 Å². The molecule has 6 heteroatoms. The van der Waals surface area contributed by atoms with Crippen molar-refractivity contribution < 1.29 is 8.78 Å². The molecule has 0 unspecified atom stereocenters. The largest absolute Gasteiger partial charge is 0.346 e. The first kappa shape index (κ1) is 22.4. The second kappa shape index (κ2) is 9.76. The summed E-state index contributed by atoms with van der Waals surface area (Å²) in [6, 6.07) is 19.3. The van der Waals surface area contributed by atoms with Gasteiger partial charge in [0, 0.05) is 31.9 Å². The predicted octanol–water partition coefficient (Wildman–Crippen LogP) is 5.69. The van der Waals surface area contributed by atoms with Crippen LogP contribution in [0.4, 0.5) is 14.5 Å². The third-order valence-electron chi connectivity index (χ3n) is 5.96. The van der Waals surface area contributed by atoms with Gasteiger partial charge >= 0.3 is 0 Å². The van der Waals surface area contributed by atoms with Crippen molar-refractivity contribution in [2.75, 3.05) is 31.5 Å². The summed E-state index contributed by atoms with van der Waals surface area (Å²) >= 11 is 5.68. The van der Waals surface area contributed by atoms with Gasteiger partial charge in [-0.15, -0.1) is 0 Å². The van der Waals surface area contributed by atoms with Crippen LogP contribution < -0.4 is 5.32 Å². The lowest BCUT2D eigenvalue weighted by Crippen LogP contribution is -2.51. The second-order valence-electron chi connectivity index (χ2n) is 8.28. The zero-order valence-electron chi connectivity index (χ0n) is 18.3. The van der Waals surface area contributed by atoms with Gasteiger partial charge in [-0.1, -0.05) is 42.0 Å². The summed E-state index contributed by atoms with van der Waals surface area (Å²) in [6.45, 7) is 7.27. The van der Waals surface area contributed by atoms with Gasteiger partial charge in [0.2, 0.25) is 0 Å². The molecule has 3 aromatic carbocycles. The number of aryl methyl sites for hydroxylation is 2. The molecule has 0 bridgehead atoms. The molecule has 0 spiro atoms. The van der Waals surface area contributed by atoms with Gasteiger partial charge in [0.1, 0.15) is 11.6 Å². The first-order chi connectivity index (χ1) is 15.4. The number of hydrogen-bond donors (Lipinski definition) is 1. The molecule has 0 amide bonds. The summed E-state index contributed by atoms with van der Waals surface area (Å²) in [5.74, 6) is -0.529. The van der Waals surface area contributed by atoms with Crippen LogP contribution in [0.2, 0.25) is 0 Å². The van der Waals surface area contributed by atoms with E-state index in [-0.39, 0.29) is 17.7 Å². The quantitative estimate of drug-likeness (QED) is 0.514. The Bertz CT molecular complexity index is 1030. The molecule has 32 heavy (non-hydrogen) atoms. The minimum atomic E-state index is -0.265. The first-order valence-electron chi connectivity index (χ1n) is 10.8. The van der Waals surface area contributed by atoms with E-state index < -0.39 is 0 Å². The fourth-order valence-electron chi connectivity index (χ4n) is 4.24. The number of piperazine rings is 1. The second-order valence-corrected chi connectivity index (χ2v) is 8.66. The lowest BCUT2D eigenvalue weighted by Gasteiger charge is -2.40. The molecule has 1 fully saturated rings. The molecule has 1 saturated heterocycles. The van der Waals surface area contributed by atoms with Crippen LogP contribution >= 0.6 is 12.2 Å². The van der Waals surface area contributed by atoms with Gasteiger partial charge in [0.05, 0.1) is 6.04 Å². The van der Waals surface area contributed by atoms with E-state index in [1.165, 1.54) is 35.4 Å². The summed E-state index contributed by atoms with van der Waals surface area (Å²) in [6.07, 6.45) is 0. The molecule has 0 aromatic heterocycles. The molecule has 1 aliphatic heterocycles. The summed E-state index contributed by atoms with van der Waals surface area (Å²) in [4.78, 5) is 4.52. The maximum atomic E-state index is 13.5. The maximum Gasteiger partial charge on any atom is 0.173 e. The van der Waals surface area contributed by atoms with Gasteiger partial charge in [0.15, 0.2) is 5.11 Å². The van der Waals surface area contributed by atoms with E-state index in [9.17, 15) is 8.78 Å². The van der Waals surface area contributed by atoms with Gasteiger partial charge in [0.25, 0.3) is 0 Å². The fraction of sp³-hybridized carbons (Fsp3) is 0.269. The van der Waals surface area contributed by atoms with Crippen molar-refractivity contribution in [1.29, 1.82) is 0 Å². The Morgan fingerprint density at radius 1 is 0.812 bits per heavy atom. The predicted molar refractivity (Wildman–Crippen MR) is 130 cm³/mol. The highest BCUT2D eigenvalue weighted by Crippen LogP contribution is 2.30. The van der Waals surface area contributed by atoms with E-state index in [0.29, 0.717) is 0 Å². The SMILES string of the molecule is Cc1ccc(NC(=S)N2CCN(C(c3ccc(F)cc3)c3ccc(F)cc3)CC2)c(C)c1. The highest BCUT2D eigenvalue weighted by Gasteiger charge is 2.27. The summed E-state index contributed by atoms with van der Waals surface area (Å²) in [5, 5.41) is 4.10. The molecule has 1 N–H and O–H groups in total. The van der Waals surface area contributed by atoms with Crippen molar-refractivity contribution in [2.24, 2.45) is 0 Å². The Morgan fingerprint density at radius 2 is 1.34 bits per heavy atom. The average Bonchev–Trinajstić information content (AvgIpc) is 2.79. The van der Waals surface area contributed by atoms with Crippen LogP contribution in [0.25, 0.3) is 0 Å². The van der Waals surface area contributed by atoms with E-state index in [1.54, 1.807) is 0 Å². The van der Waals surface area contributed by atoms with E-state index in [2.05, 4.69) is 47.2 Å². The van der Waals surface area contributed by atoms with Gasteiger partial charge < -0.3 is 10.2 Å². The number of hydrogen-bond acceptors (Lipinski definition) is 2. The number of benzene rings is 3. The molecule has 4 rings (SSSR count). The number of rotatable bonds is 4. The Hall–Kier alpha value is -2.83. The highest BCUT2D eigenvalue weighted by molar-refractivity contribution is 7.80. The first-order valence-corrected chi connectivity index (χ1v) is 11.2. The highest BCUT2D eigenvalue weighted by atomic mass is 32.1. The molecule has 166 valence electrons. The Kier molecular flexibility index (Phi) is 6.82. The van der Waals surface area contributed by atoms with Crippen molar-refractivity contribution in [2.45, 2.75) is 19.9 Å².